The molecule has 0 aromatic heterocycles. The number of aliphatic hydroxyl groups excluding tert-OH is 1. The summed E-state index contributed by atoms with van der Waals surface area (Å²) in [5, 5.41) is 9.83. The van der Waals surface area contributed by atoms with Crippen molar-refractivity contribution in [2.75, 3.05) is 20.8 Å². The van der Waals surface area contributed by atoms with E-state index >= 15 is 0 Å². The third kappa shape index (κ3) is 2.44. The summed E-state index contributed by atoms with van der Waals surface area (Å²) in [5.41, 5.74) is 0.338. The highest BCUT2D eigenvalue weighted by Gasteiger charge is 2.30. The summed E-state index contributed by atoms with van der Waals surface area (Å²) < 4.78 is 10.5. The topological polar surface area (TPSA) is 55.8 Å². The maximum Gasteiger partial charge on any atom is 0.171 e. The van der Waals surface area contributed by atoms with Crippen molar-refractivity contribution in [1.82, 2.24) is 0 Å². The summed E-state index contributed by atoms with van der Waals surface area (Å²) in [4.78, 5) is 11.0. The van der Waals surface area contributed by atoms with Gasteiger partial charge in [-0.1, -0.05) is 25.4 Å². The summed E-state index contributed by atoms with van der Waals surface area (Å²) in [5.74, 6) is 0.708. The van der Waals surface area contributed by atoms with E-state index in [9.17, 15) is 9.90 Å². The summed E-state index contributed by atoms with van der Waals surface area (Å²) >= 11 is 6.18. The standard InChI is InChI=1S/C13H17ClO4/c1-13(2,7-16)10-9(14)5-8(6-15)11(17-3)12(10)18-4/h5-6,16H,7H2,1-4H3. The molecule has 0 amide bonds. The van der Waals surface area contributed by atoms with Crippen LogP contribution in [0.2, 0.25) is 5.02 Å². The SMILES string of the molecule is COc1c(C=O)cc(Cl)c(C(C)(C)CO)c1OC. The number of halogens is 1. The fourth-order valence-corrected chi connectivity index (χ4v) is 2.29. The van der Waals surface area contributed by atoms with Crippen molar-refractivity contribution in [3.05, 3.63) is 22.2 Å². The molecule has 4 nitrogen and oxygen atoms in total. The van der Waals surface area contributed by atoms with Gasteiger partial charge < -0.3 is 14.6 Å². The Kier molecular flexibility index (Phi) is 4.59. The van der Waals surface area contributed by atoms with E-state index in [0.717, 1.165) is 0 Å². The Bertz CT molecular complexity index is 455. The van der Waals surface area contributed by atoms with Gasteiger partial charge >= 0.3 is 0 Å². The zero-order chi connectivity index (χ0) is 13.9. The molecule has 1 N–H and O–H groups in total. The molecule has 1 aromatic rings. The number of carbonyl (C=O) groups excluding carboxylic acids is 1. The molecule has 0 fully saturated rings. The predicted octanol–water partition coefficient (Wildman–Crippen LogP) is 2.44. The summed E-state index contributed by atoms with van der Waals surface area (Å²) in [6, 6.07) is 1.52. The van der Waals surface area contributed by atoms with Crippen LogP contribution in [0, 0.1) is 0 Å². The molecule has 5 heteroatoms. The second kappa shape index (κ2) is 5.59. The van der Waals surface area contributed by atoms with E-state index in [1.807, 2.05) is 13.8 Å². The Labute approximate surface area is 111 Å². The summed E-state index contributed by atoms with van der Waals surface area (Å²) in [7, 11) is 2.92. The van der Waals surface area contributed by atoms with Crippen LogP contribution in [0.3, 0.4) is 0 Å². The maximum atomic E-state index is 11.0. The van der Waals surface area contributed by atoms with Crippen molar-refractivity contribution < 1.29 is 19.4 Å². The number of aldehydes is 1. The number of aliphatic hydroxyl groups is 1. The second-order valence-electron chi connectivity index (χ2n) is 4.55. The Morgan fingerprint density at radius 3 is 2.28 bits per heavy atom. The normalized spacial score (nSPS) is 11.2. The van der Waals surface area contributed by atoms with Gasteiger partial charge in [-0.3, -0.25) is 4.79 Å². The molecule has 0 radical (unpaired) electrons. The zero-order valence-electron chi connectivity index (χ0n) is 10.9. The lowest BCUT2D eigenvalue weighted by atomic mass is 9.84. The predicted molar refractivity (Wildman–Crippen MR) is 70.1 cm³/mol. The lowest BCUT2D eigenvalue weighted by Gasteiger charge is -2.27. The molecular formula is C13H17ClO4. The van der Waals surface area contributed by atoms with E-state index in [1.165, 1.54) is 20.3 Å². The Morgan fingerprint density at radius 1 is 1.33 bits per heavy atom. The molecule has 1 aromatic carbocycles. The molecule has 0 saturated heterocycles. The van der Waals surface area contributed by atoms with Crippen LogP contribution < -0.4 is 9.47 Å². The molecule has 0 aliphatic carbocycles. The van der Waals surface area contributed by atoms with Crippen molar-refractivity contribution in [3.63, 3.8) is 0 Å². The van der Waals surface area contributed by atoms with E-state index < -0.39 is 5.41 Å². The van der Waals surface area contributed by atoms with Crippen LogP contribution in [0.5, 0.6) is 11.5 Å². The average Bonchev–Trinajstić information content (AvgIpc) is 2.36. The number of rotatable bonds is 5. The highest BCUT2D eigenvalue weighted by atomic mass is 35.5. The summed E-state index contributed by atoms with van der Waals surface area (Å²) in [6.45, 7) is 3.56. The van der Waals surface area contributed by atoms with E-state index in [-0.39, 0.29) is 6.61 Å². The lowest BCUT2D eigenvalue weighted by molar-refractivity contribution is 0.111. The third-order valence-corrected chi connectivity index (χ3v) is 3.12. The molecule has 18 heavy (non-hydrogen) atoms. The Hall–Kier alpha value is -1.26. The van der Waals surface area contributed by atoms with Gasteiger partial charge in [-0.25, -0.2) is 0 Å². The van der Waals surface area contributed by atoms with Crippen LogP contribution in [-0.2, 0) is 5.41 Å². The molecule has 0 bridgehead atoms. The minimum atomic E-state index is -0.600. The number of hydrogen-bond donors (Lipinski definition) is 1. The van der Waals surface area contributed by atoms with Gasteiger partial charge in [0.1, 0.15) is 0 Å². The van der Waals surface area contributed by atoms with Gasteiger partial charge in [-0.2, -0.15) is 0 Å². The van der Waals surface area contributed by atoms with Crippen LogP contribution in [-0.4, -0.2) is 32.2 Å². The number of hydrogen-bond acceptors (Lipinski definition) is 4. The average molecular weight is 273 g/mol. The van der Waals surface area contributed by atoms with Gasteiger partial charge in [0.05, 0.1) is 26.4 Å². The minimum Gasteiger partial charge on any atom is -0.492 e. The molecular weight excluding hydrogens is 256 g/mol. The van der Waals surface area contributed by atoms with Gasteiger partial charge in [0.2, 0.25) is 0 Å². The molecule has 0 unspecified atom stereocenters. The first kappa shape index (κ1) is 14.8. The number of methoxy groups -OCH3 is 2. The van der Waals surface area contributed by atoms with Crippen molar-refractivity contribution >= 4 is 17.9 Å². The quantitative estimate of drug-likeness (QED) is 0.837. The minimum absolute atomic E-state index is 0.104. The first-order valence-electron chi connectivity index (χ1n) is 5.44. The second-order valence-corrected chi connectivity index (χ2v) is 4.96. The van der Waals surface area contributed by atoms with E-state index in [1.54, 1.807) is 0 Å². The van der Waals surface area contributed by atoms with Gasteiger partial charge in [0.25, 0.3) is 0 Å². The van der Waals surface area contributed by atoms with Crippen LogP contribution in [0.25, 0.3) is 0 Å². The molecule has 0 heterocycles. The van der Waals surface area contributed by atoms with Crippen LogP contribution >= 0.6 is 11.6 Å². The molecule has 0 aliphatic rings. The first-order valence-corrected chi connectivity index (χ1v) is 5.81. The van der Waals surface area contributed by atoms with Crippen molar-refractivity contribution in [2.24, 2.45) is 0 Å². The molecule has 0 saturated carbocycles. The van der Waals surface area contributed by atoms with Gasteiger partial charge in [-0.15, -0.1) is 0 Å². The molecule has 0 aliphatic heterocycles. The third-order valence-electron chi connectivity index (χ3n) is 2.82. The van der Waals surface area contributed by atoms with Crippen molar-refractivity contribution in [2.45, 2.75) is 19.3 Å². The van der Waals surface area contributed by atoms with Crippen molar-refractivity contribution in [1.29, 1.82) is 0 Å². The molecule has 100 valence electrons. The lowest BCUT2D eigenvalue weighted by Crippen LogP contribution is -2.24. The van der Waals surface area contributed by atoms with Crippen LogP contribution in [0.4, 0.5) is 0 Å². The molecule has 0 atom stereocenters. The smallest absolute Gasteiger partial charge is 0.171 e. The van der Waals surface area contributed by atoms with E-state index in [0.29, 0.717) is 33.9 Å². The first-order chi connectivity index (χ1) is 8.42. The van der Waals surface area contributed by atoms with Crippen molar-refractivity contribution in [3.8, 4) is 11.5 Å². The molecule has 1 rings (SSSR count). The van der Waals surface area contributed by atoms with Crippen LogP contribution in [0.15, 0.2) is 6.07 Å². The van der Waals surface area contributed by atoms with Gasteiger partial charge in [0.15, 0.2) is 17.8 Å². The Balaban J connectivity index is 3.66. The largest absolute Gasteiger partial charge is 0.492 e. The highest BCUT2D eigenvalue weighted by Crippen LogP contribution is 2.44. The molecule has 0 spiro atoms. The zero-order valence-corrected chi connectivity index (χ0v) is 11.7. The number of ether oxygens (including phenoxy) is 2. The fraction of sp³-hybridized carbons (Fsp3) is 0.462. The fourth-order valence-electron chi connectivity index (χ4n) is 1.83. The number of benzene rings is 1. The van der Waals surface area contributed by atoms with E-state index in [2.05, 4.69) is 0 Å². The maximum absolute atomic E-state index is 11.0. The van der Waals surface area contributed by atoms with Crippen LogP contribution in [0.1, 0.15) is 29.8 Å². The van der Waals surface area contributed by atoms with E-state index in [4.69, 9.17) is 21.1 Å². The monoisotopic (exact) mass is 272 g/mol. The Morgan fingerprint density at radius 2 is 1.89 bits per heavy atom. The van der Waals surface area contributed by atoms with Gasteiger partial charge in [-0.05, 0) is 6.07 Å². The highest BCUT2D eigenvalue weighted by molar-refractivity contribution is 6.32. The summed E-state index contributed by atoms with van der Waals surface area (Å²) in [6.07, 6.45) is 0.656. The number of carbonyl (C=O) groups is 1. The van der Waals surface area contributed by atoms with Gasteiger partial charge in [0, 0.05) is 16.0 Å².